The Morgan fingerprint density at radius 2 is 2.25 bits per heavy atom. The second kappa shape index (κ2) is 1.71. The van der Waals surface area contributed by atoms with Crippen molar-refractivity contribution in [3.63, 3.8) is 0 Å². The zero-order valence-corrected chi connectivity index (χ0v) is 5.18. The van der Waals surface area contributed by atoms with E-state index in [0.29, 0.717) is 5.02 Å². The molecule has 0 saturated carbocycles. The Kier molecular flexibility index (Phi) is 1.18. The van der Waals surface area contributed by atoms with Gasteiger partial charge in [0.15, 0.2) is 5.75 Å². The molecule has 44 valence electrons. The van der Waals surface area contributed by atoms with Crippen LogP contribution in [0.25, 0.3) is 0 Å². The third-order valence-electron chi connectivity index (χ3n) is 0.888. The van der Waals surface area contributed by atoms with Gasteiger partial charge in [0.25, 0.3) is 0 Å². The van der Waals surface area contributed by atoms with Crippen LogP contribution in [0.15, 0.2) is 12.4 Å². The molecule has 1 aromatic heterocycles. The second-order valence-electron chi connectivity index (χ2n) is 1.66. The molecule has 0 bridgehead atoms. The highest BCUT2D eigenvalue weighted by atomic mass is 35.5. The SMILES string of the molecule is Cn1cc(O)c(Cl)c1. The van der Waals surface area contributed by atoms with Gasteiger partial charge in [-0.3, -0.25) is 0 Å². The summed E-state index contributed by atoms with van der Waals surface area (Å²) < 4.78 is 1.69. The normalized spacial score (nSPS) is 9.75. The third kappa shape index (κ3) is 0.793. The molecule has 0 amide bonds. The maximum Gasteiger partial charge on any atom is 0.151 e. The molecule has 1 heterocycles. The summed E-state index contributed by atoms with van der Waals surface area (Å²) in [4.78, 5) is 0. The quantitative estimate of drug-likeness (QED) is 0.566. The van der Waals surface area contributed by atoms with Gasteiger partial charge in [-0.05, 0) is 0 Å². The molecule has 0 aliphatic carbocycles. The Morgan fingerprint density at radius 3 is 2.38 bits per heavy atom. The van der Waals surface area contributed by atoms with E-state index in [1.807, 2.05) is 0 Å². The van der Waals surface area contributed by atoms with Crippen LogP contribution in [0.5, 0.6) is 5.75 Å². The Hall–Kier alpha value is -0.630. The van der Waals surface area contributed by atoms with Crippen molar-refractivity contribution >= 4 is 11.6 Å². The molecular formula is C5H6ClNO. The van der Waals surface area contributed by atoms with Gasteiger partial charge in [0.05, 0.1) is 5.02 Å². The van der Waals surface area contributed by atoms with Gasteiger partial charge < -0.3 is 9.67 Å². The van der Waals surface area contributed by atoms with Gasteiger partial charge in [-0.2, -0.15) is 0 Å². The summed E-state index contributed by atoms with van der Waals surface area (Å²) in [5.74, 6) is 0.133. The van der Waals surface area contributed by atoms with Crippen LogP contribution in [0.1, 0.15) is 0 Å². The van der Waals surface area contributed by atoms with E-state index in [1.54, 1.807) is 24.0 Å². The summed E-state index contributed by atoms with van der Waals surface area (Å²) in [6, 6.07) is 0. The minimum Gasteiger partial charge on any atom is -0.505 e. The summed E-state index contributed by atoms with van der Waals surface area (Å²) in [6.45, 7) is 0. The number of aromatic hydroxyl groups is 1. The lowest BCUT2D eigenvalue weighted by Gasteiger charge is -1.79. The summed E-state index contributed by atoms with van der Waals surface area (Å²) in [7, 11) is 1.80. The summed E-state index contributed by atoms with van der Waals surface area (Å²) in [5.41, 5.74) is 0. The van der Waals surface area contributed by atoms with Crippen LogP contribution in [0, 0.1) is 0 Å². The minimum absolute atomic E-state index is 0.133. The predicted octanol–water partition coefficient (Wildman–Crippen LogP) is 1.38. The Morgan fingerprint density at radius 1 is 1.62 bits per heavy atom. The predicted molar refractivity (Wildman–Crippen MR) is 32.1 cm³/mol. The first-order valence-electron chi connectivity index (χ1n) is 2.20. The first-order valence-corrected chi connectivity index (χ1v) is 2.58. The van der Waals surface area contributed by atoms with Crippen LogP contribution < -0.4 is 0 Å². The van der Waals surface area contributed by atoms with Crippen molar-refractivity contribution in [2.24, 2.45) is 7.05 Å². The fraction of sp³-hybridized carbons (Fsp3) is 0.200. The second-order valence-corrected chi connectivity index (χ2v) is 2.06. The molecule has 0 atom stereocenters. The van der Waals surface area contributed by atoms with Crippen LogP contribution >= 0.6 is 11.6 Å². The van der Waals surface area contributed by atoms with Crippen molar-refractivity contribution in [1.29, 1.82) is 0 Å². The molecule has 1 rings (SSSR count). The van der Waals surface area contributed by atoms with E-state index in [0.717, 1.165) is 0 Å². The maximum absolute atomic E-state index is 8.79. The molecule has 0 fully saturated rings. The lowest BCUT2D eigenvalue weighted by Crippen LogP contribution is -1.76. The molecule has 0 saturated heterocycles. The molecule has 2 nitrogen and oxygen atoms in total. The van der Waals surface area contributed by atoms with Crippen LogP contribution in [0.3, 0.4) is 0 Å². The number of hydrogen-bond acceptors (Lipinski definition) is 1. The standard InChI is InChI=1S/C5H6ClNO/c1-7-2-4(6)5(8)3-7/h2-3,8H,1H3. The van der Waals surface area contributed by atoms with E-state index in [2.05, 4.69) is 0 Å². The van der Waals surface area contributed by atoms with Gasteiger partial charge in [0.1, 0.15) is 0 Å². The Labute approximate surface area is 52.3 Å². The maximum atomic E-state index is 8.79. The van der Waals surface area contributed by atoms with Crippen LogP contribution in [-0.2, 0) is 7.05 Å². The Bertz CT molecular complexity index is 175. The van der Waals surface area contributed by atoms with Crippen molar-refractivity contribution in [2.45, 2.75) is 0 Å². The zero-order chi connectivity index (χ0) is 6.15. The molecule has 0 aliphatic heterocycles. The van der Waals surface area contributed by atoms with Crippen LogP contribution in [-0.4, -0.2) is 9.67 Å². The number of hydrogen-bond donors (Lipinski definition) is 1. The zero-order valence-electron chi connectivity index (χ0n) is 4.43. The average molecular weight is 132 g/mol. The van der Waals surface area contributed by atoms with E-state index in [-0.39, 0.29) is 5.75 Å². The number of aromatic nitrogens is 1. The van der Waals surface area contributed by atoms with Crippen molar-refractivity contribution < 1.29 is 5.11 Å². The molecular weight excluding hydrogens is 126 g/mol. The highest BCUT2D eigenvalue weighted by Gasteiger charge is 1.96. The van der Waals surface area contributed by atoms with Gasteiger partial charge in [-0.1, -0.05) is 11.6 Å². The monoisotopic (exact) mass is 131 g/mol. The molecule has 3 heteroatoms. The lowest BCUT2D eigenvalue weighted by atomic mass is 10.6. The molecule has 8 heavy (non-hydrogen) atoms. The highest BCUT2D eigenvalue weighted by Crippen LogP contribution is 2.21. The Balaban J connectivity index is 3.14. The molecule has 0 aliphatic rings. The fourth-order valence-corrected chi connectivity index (χ4v) is 0.739. The minimum atomic E-state index is 0.133. The molecule has 1 N–H and O–H groups in total. The van der Waals surface area contributed by atoms with E-state index < -0.39 is 0 Å². The van der Waals surface area contributed by atoms with E-state index in [9.17, 15) is 0 Å². The van der Waals surface area contributed by atoms with Gasteiger partial charge in [-0.25, -0.2) is 0 Å². The summed E-state index contributed by atoms with van der Waals surface area (Å²) in [6.07, 6.45) is 3.18. The first-order chi connectivity index (χ1) is 3.70. The van der Waals surface area contributed by atoms with Crippen molar-refractivity contribution in [2.75, 3.05) is 0 Å². The molecule has 1 aromatic rings. The smallest absolute Gasteiger partial charge is 0.151 e. The topological polar surface area (TPSA) is 25.2 Å². The van der Waals surface area contributed by atoms with Crippen LogP contribution in [0.4, 0.5) is 0 Å². The summed E-state index contributed by atoms with van der Waals surface area (Å²) >= 11 is 5.46. The average Bonchev–Trinajstić information content (AvgIpc) is 1.85. The van der Waals surface area contributed by atoms with Crippen molar-refractivity contribution in [3.8, 4) is 5.75 Å². The first kappa shape index (κ1) is 5.51. The van der Waals surface area contributed by atoms with E-state index in [4.69, 9.17) is 16.7 Å². The molecule has 0 spiro atoms. The number of halogens is 1. The largest absolute Gasteiger partial charge is 0.505 e. The molecule has 0 aromatic carbocycles. The van der Waals surface area contributed by atoms with E-state index >= 15 is 0 Å². The van der Waals surface area contributed by atoms with Crippen molar-refractivity contribution in [3.05, 3.63) is 17.4 Å². The fourth-order valence-electron chi connectivity index (χ4n) is 0.537. The molecule has 0 radical (unpaired) electrons. The van der Waals surface area contributed by atoms with Crippen molar-refractivity contribution in [1.82, 2.24) is 4.57 Å². The highest BCUT2D eigenvalue weighted by molar-refractivity contribution is 6.31. The van der Waals surface area contributed by atoms with E-state index in [1.165, 1.54) is 0 Å². The van der Waals surface area contributed by atoms with Gasteiger partial charge in [0, 0.05) is 19.4 Å². The lowest BCUT2D eigenvalue weighted by molar-refractivity contribution is 0.475. The molecule has 0 unspecified atom stereocenters. The number of rotatable bonds is 0. The van der Waals surface area contributed by atoms with Gasteiger partial charge >= 0.3 is 0 Å². The van der Waals surface area contributed by atoms with Crippen LogP contribution in [0.2, 0.25) is 5.02 Å². The van der Waals surface area contributed by atoms with Gasteiger partial charge in [-0.15, -0.1) is 0 Å². The third-order valence-corrected chi connectivity index (χ3v) is 1.18. The van der Waals surface area contributed by atoms with Gasteiger partial charge in [0.2, 0.25) is 0 Å². The number of aryl methyl sites for hydroxylation is 1. The summed E-state index contributed by atoms with van der Waals surface area (Å²) in [5, 5.41) is 9.18. The number of nitrogens with zero attached hydrogens (tertiary/aromatic N) is 1.